The average Bonchev–Trinajstić information content (AvgIpc) is 3.66. The lowest BCUT2D eigenvalue weighted by atomic mass is 10.0. The Labute approximate surface area is 223 Å². The zero-order valence-electron chi connectivity index (χ0n) is 20.9. The number of nitrogens with zero attached hydrogens (tertiary/aromatic N) is 1. The van der Waals surface area contributed by atoms with Crippen LogP contribution in [0, 0.1) is 0 Å². The molecule has 0 unspecified atom stereocenters. The predicted octanol–water partition coefficient (Wildman–Crippen LogP) is 10.2. The van der Waals surface area contributed by atoms with E-state index in [1.54, 1.807) is 0 Å². The number of rotatable bonds is 2. The third kappa shape index (κ3) is 2.87. The van der Waals surface area contributed by atoms with Crippen LogP contribution in [0.15, 0.2) is 136 Å². The summed E-state index contributed by atoms with van der Waals surface area (Å²) < 4.78 is 15.0. The first-order chi connectivity index (χ1) is 19.3. The Morgan fingerprint density at radius 1 is 0.410 bits per heavy atom. The monoisotopic (exact) mass is 499 g/mol. The van der Waals surface area contributed by atoms with Gasteiger partial charge in [0.25, 0.3) is 0 Å². The van der Waals surface area contributed by atoms with Gasteiger partial charge >= 0.3 is 0 Å². The normalized spacial score (nSPS) is 12.1. The van der Waals surface area contributed by atoms with Crippen LogP contribution in [0.1, 0.15) is 0 Å². The van der Waals surface area contributed by atoms with Gasteiger partial charge in [0.05, 0.1) is 11.0 Å². The van der Waals surface area contributed by atoms with Gasteiger partial charge in [-0.25, -0.2) is 0 Å². The highest BCUT2D eigenvalue weighted by Gasteiger charge is 2.16. The highest BCUT2D eigenvalue weighted by Crippen LogP contribution is 2.39. The first-order valence-electron chi connectivity index (χ1n) is 13.2. The fourth-order valence-corrected chi connectivity index (χ4v) is 6.25. The van der Waals surface area contributed by atoms with Gasteiger partial charge in [0.15, 0.2) is 0 Å². The summed E-state index contributed by atoms with van der Waals surface area (Å²) in [6.45, 7) is 0. The highest BCUT2D eigenvalue weighted by atomic mass is 16.3. The van der Waals surface area contributed by atoms with Gasteiger partial charge in [-0.3, -0.25) is 0 Å². The van der Waals surface area contributed by atoms with Crippen molar-refractivity contribution < 1.29 is 8.83 Å². The third-order valence-corrected chi connectivity index (χ3v) is 8.01. The molecule has 0 spiro atoms. The van der Waals surface area contributed by atoms with Gasteiger partial charge in [-0.2, -0.15) is 0 Å². The van der Waals surface area contributed by atoms with Crippen LogP contribution in [-0.4, -0.2) is 4.57 Å². The van der Waals surface area contributed by atoms with Crippen LogP contribution in [0.5, 0.6) is 0 Å². The molecule has 0 N–H and O–H groups in total. The van der Waals surface area contributed by atoms with E-state index < -0.39 is 0 Å². The number of para-hydroxylation sites is 4. The van der Waals surface area contributed by atoms with Crippen LogP contribution in [0.4, 0.5) is 0 Å². The van der Waals surface area contributed by atoms with Crippen molar-refractivity contribution >= 4 is 65.7 Å². The Hall–Kier alpha value is -5.28. The van der Waals surface area contributed by atoms with Crippen LogP contribution in [0.2, 0.25) is 0 Å². The molecule has 0 aliphatic rings. The number of aromatic nitrogens is 1. The predicted molar refractivity (Wildman–Crippen MR) is 161 cm³/mol. The van der Waals surface area contributed by atoms with E-state index in [-0.39, 0.29) is 0 Å². The van der Waals surface area contributed by atoms with Crippen LogP contribution in [0.25, 0.3) is 82.5 Å². The quantitative estimate of drug-likeness (QED) is 0.237. The Balaban J connectivity index is 1.25. The van der Waals surface area contributed by atoms with Crippen LogP contribution in [-0.2, 0) is 0 Å². The van der Waals surface area contributed by atoms with E-state index in [0.717, 1.165) is 60.7 Å². The fourth-order valence-electron chi connectivity index (χ4n) is 6.25. The molecular weight excluding hydrogens is 478 g/mol. The number of hydrogen-bond donors (Lipinski definition) is 0. The van der Waals surface area contributed by atoms with Gasteiger partial charge in [0.2, 0.25) is 0 Å². The summed E-state index contributed by atoms with van der Waals surface area (Å²) in [6, 6.07) is 44.7. The van der Waals surface area contributed by atoms with Gasteiger partial charge in [0, 0.05) is 49.6 Å². The molecule has 9 rings (SSSR count). The van der Waals surface area contributed by atoms with Crippen LogP contribution < -0.4 is 0 Å². The van der Waals surface area contributed by atoms with Crippen LogP contribution >= 0.6 is 0 Å². The molecule has 0 saturated heterocycles. The molecule has 0 atom stereocenters. The van der Waals surface area contributed by atoms with Crippen molar-refractivity contribution in [1.82, 2.24) is 4.57 Å². The molecule has 3 aromatic heterocycles. The summed E-state index contributed by atoms with van der Waals surface area (Å²) in [4.78, 5) is 0. The van der Waals surface area contributed by atoms with E-state index in [1.807, 2.05) is 12.1 Å². The Morgan fingerprint density at radius 2 is 1.08 bits per heavy atom. The van der Waals surface area contributed by atoms with Crippen molar-refractivity contribution in [2.24, 2.45) is 0 Å². The first-order valence-corrected chi connectivity index (χ1v) is 13.2. The zero-order chi connectivity index (χ0) is 25.5. The Kier molecular flexibility index (Phi) is 4.05. The molecule has 0 fully saturated rings. The molecule has 3 nitrogen and oxygen atoms in total. The highest BCUT2D eigenvalue weighted by molar-refractivity contribution is 6.12. The summed E-state index contributed by atoms with van der Waals surface area (Å²) in [5.74, 6) is 0. The van der Waals surface area contributed by atoms with Crippen molar-refractivity contribution in [3.05, 3.63) is 127 Å². The summed E-state index contributed by atoms with van der Waals surface area (Å²) in [5.41, 5.74) is 9.25. The molecule has 0 aliphatic heterocycles. The molecule has 6 aromatic carbocycles. The lowest BCUT2D eigenvalue weighted by molar-refractivity contribution is 0.668. The molecule has 39 heavy (non-hydrogen) atoms. The molecule has 0 saturated carbocycles. The van der Waals surface area contributed by atoms with Gasteiger partial charge in [-0.15, -0.1) is 0 Å². The van der Waals surface area contributed by atoms with E-state index in [2.05, 4.69) is 120 Å². The Morgan fingerprint density at radius 3 is 1.90 bits per heavy atom. The van der Waals surface area contributed by atoms with Crippen molar-refractivity contribution in [2.45, 2.75) is 0 Å². The van der Waals surface area contributed by atoms with Gasteiger partial charge in [-0.05, 0) is 48.0 Å². The second-order valence-corrected chi connectivity index (χ2v) is 10.1. The number of benzene rings is 6. The molecule has 0 aliphatic carbocycles. The molecule has 0 bridgehead atoms. The van der Waals surface area contributed by atoms with E-state index in [9.17, 15) is 0 Å². The molecule has 3 heterocycles. The topological polar surface area (TPSA) is 31.2 Å². The van der Waals surface area contributed by atoms with Gasteiger partial charge < -0.3 is 13.4 Å². The second kappa shape index (κ2) is 7.62. The van der Waals surface area contributed by atoms with Crippen molar-refractivity contribution in [3.63, 3.8) is 0 Å². The first kappa shape index (κ1) is 20.7. The molecule has 0 amide bonds. The standard InChI is InChI=1S/C36H21NO2/c1-4-13-31-25(8-1)26-9-2-5-14-32(26)37(31)23-17-18-28-30-20-22(16-19-34(30)38-35(28)21-23)24-11-7-12-29-27-10-3-6-15-33(27)39-36(24)29/h1-21H. The van der Waals surface area contributed by atoms with E-state index in [1.165, 1.54) is 21.8 Å². The summed E-state index contributed by atoms with van der Waals surface area (Å²) in [5, 5.41) is 6.99. The molecule has 9 aromatic rings. The van der Waals surface area contributed by atoms with Gasteiger partial charge in [0.1, 0.15) is 22.3 Å². The minimum Gasteiger partial charge on any atom is -0.456 e. The maximum absolute atomic E-state index is 6.40. The lowest BCUT2D eigenvalue weighted by Crippen LogP contribution is -1.93. The summed E-state index contributed by atoms with van der Waals surface area (Å²) >= 11 is 0. The SMILES string of the molecule is c1ccc2c(c1)oc1c(-c3ccc4oc5cc(-n6c7ccccc7c7ccccc76)ccc5c4c3)cccc12. The molecule has 3 heteroatoms. The second-order valence-electron chi connectivity index (χ2n) is 10.1. The minimum absolute atomic E-state index is 0.878. The smallest absolute Gasteiger partial charge is 0.143 e. The van der Waals surface area contributed by atoms with E-state index in [4.69, 9.17) is 8.83 Å². The van der Waals surface area contributed by atoms with Crippen molar-refractivity contribution in [3.8, 4) is 16.8 Å². The van der Waals surface area contributed by atoms with E-state index in [0.29, 0.717) is 0 Å². The minimum atomic E-state index is 0.878. The third-order valence-electron chi connectivity index (χ3n) is 8.01. The van der Waals surface area contributed by atoms with Crippen LogP contribution in [0.3, 0.4) is 0 Å². The lowest BCUT2D eigenvalue weighted by Gasteiger charge is -2.07. The summed E-state index contributed by atoms with van der Waals surface area (Å²) in [7, 11) is 0. The average molecular weight is 500 g/mol. The molecule has 0 radical (unpaired) electrons. The maximum Gasteiger partial charge on any atom is 0.143 e. The summed E-state index contributed by atoms with van der Waals surface area (Å²) in [6.07, 6.45) is 0. The van der Waals surface area contributed by atoms with E-state index >= 15 is 0 Å². The van der Waals surface area contributed by atoms with Gasteiger partial charge in [-0.1, -0.05) is 78.9 Å². The Bertz CT molecular complexity index is 2350. The number of furan rings is 2. The number of fused-ring (bicyclic) bond motifs is 9. The fraction of sp³-hybridized carbons (Fsp3) is 0. The molecule has 182 valence electrons. The van der Waals surface area contributed by atoms with Crippen molar-refractivity contribution in [1.29, 1.82) is 0 Å². The number of hydrogen-bond acceptors (Lipinski definition) is 2. The maximum atomic E-state index is 6.40. The zero-order valence-corrected chi connectivity index (χ0v) is 20.9. The van der Waals surface area contributed by atoms with Crippen molar-refractivity contribution in [2.75, 3.05) is 0 Å². The largest absolute Gasteiger partial charge is 0.456 e. The molecular formula is C36H21NO2.